The lowest BCUT2D eigenvalue weighted by molar-refractivity contribution is -0.143. The molecule has 0 aromatic rings. The first-order valence-electron chi connectivity index (χ1n) is 32.8. The van der Waals surface area contributed by atoms with Gasteiger partial charge in [-0.1, -0.05) is 294 Å². The van der Waals surface area contributed by atoms with Crippen molar-refractivity contribution in [1.29, 1.82) is 0 Å². The van der Waals surface area contributed by atoms with Crippen molar-refractivity contribution in [2.75, 3.05) is 13.2 Å². The third-order valence-corrected chi connectivity index (χ3v) is 15.1. The van der Waals surface area contributed by atoms with E-state index in [0.29, 0.717) is 19.4 Å². The quantitative estimate of drug-likeness (QED) is 0.0320. The Labute approximate surface area is 455 Å². The number of unbranched alkanes of at least 4 members (excludes halogenated alkanes) is 46. The maximum Gasteiger partial charge on any atom is 0.305 e. The van der Waals surface area contributed by atoms with Crippen LogP contribution in [0.4, 0.5) is 0 Å². The molecule has 0 heterocycles. The molecule has 0 bridgehead atoms. The van der Waals surface area contributed by atoms with Crippen LogP contribution in [0.5, 0.6) is 0 Å². The zero-order valence-corrected chi connectivity index (χ0v) is 49.1. The number of hydrogen-bond donors (Lipinski definition) is 3. The van der Waals surface area contributed by atoms with E-state index in [0.717, 1.165) is 57.8 Å². The van der Waals surface area contributed by atoms with Gasteiger partial charge in [-0.2, -0.15) is 0 Å². The molecule has 3 N–H and O–H groups in total. The molecule has 0 aromatic heterocycles. The van der Waals surface area contributed by atoms with E-state index in [1.54, 1.807) is 6.08 Å². The monoisotopic (exact) mass is 1030 g/mol. The second-order valence-corrected chi connectivity index (χ2v) is 22.4. The van der Waals surface area contributed by atoms with Gasteiger partial charge in [0.1, 0.15) is 0 Å². The summed E-state index contributed by atoms with van der Waals surface area (Å²) in [7, 11) is 0. The molecule has 0 aliphatic heterocycles. The zero-order chi connectivity index (χ0) is 52.9. The summed E-state index contributed by atoms with van der Waals surface area (Å²) < 4.78 is 5.49. The van der Waals surface area contributed by atoms with Crippen molar-refractivity contribution in [2.45, 2.75) is 366 Å². The summed E-state index contributed by atoms with van der Waals surface area (Å²) in [6.07, 6.45) is 79.0. The van der Waals surface area contributed by atoms with Gasteiger partial charge in [0.05, 0.1) is 25.4 Å². The van der Waals surface area contributed by atoms with Crippen LogP contribution in [-0.4, -0.2) is 47.4 Å². The lowest BCUT2D eigenvalue weighted by atomic mass is 10.0. The highest BCUT2D eigenvalue weighted by molar-refractivity contribution is 5.76. The fourth-order valence-electron chi connectivity index (χ4n) is 10.1. The van der Waals surface area contributed by atoms with E-state index in [1.807, 2.05) is 6.08 Å². The number of amides is 1. The average molecular weight is 1030 g/mol. The van der Waals surface area contributed by atoms with Crippen molar-refractivity contribution >= 4 is 11.9 Å². The van der Waals surface area contributed by atoms with Gasteiger partial charge in [0.25, 0.3) is 0 Å². The van der Waals surface area contributed by atoms with E-state index in [-0.39, 0.29) is 18.5 Å². The summed E-state index contributed by atoms with van der Waals surface area (Å²) in [5.41, 5.74) is 0. The van der Waals surface area contributed by atoms with Crippen molar-refractivity contribution in [2.24, 2.45) is 0 Å². The first-order valence-corrected chi connectivity index (χ1v) is 32.8. The molecule has 0 aliphatic rings. The fraction of sp³-hybridized carbons (Fsp3) is 0.881. The van der Waals surface area contributed by atoms with Crippen LogP contribution < -0.4 is 5.32 Å². The van der Waals surface area contributed by atoms with Crippen molar-refractivity contribution in [3.63, 3.8) is 0 Å². The third-order valence-electron chi connectivity index (χ3n) is 15.1. The Hall–Kier alpha value is -1.92. The Morgan fingerprint density at radius 1 is 0.370 bits per heavy atom. The minimum Gasteiger partial charge on any atom is -0.466 e. The number of rotatable bonds is 61. The van der Waals surface area contributed by atoms with E-state index >= 15 is 0 Å². The minimum atomic E-state index is -0.854. The Balaban J connectivity index is 3.47. The zero-order valence-electron chi connectivity index (χ0n) is 49.1. The number of aliphatic hydroxyl groups is 2. The minimum absolute atomic E-state index is 0.00272. The predicted octanol–water partition coefficient (Wildman–Crippen LogP) is 20.8. The van der Waals surface area contributed by atoms with Gasteiger partial charge in [-0.3, -0.25) is 9.59 Å². The summed E-state index contributed by atoms with van der Waals surface area (Å²) in [6.45, 7) is 4.90. The van der Waals surface area contributed by atoms with Gasteiger partial charge in [0.2, 0.25) is 5.91 Å². The normalized spacial score (nSPS) is 12.8. The molecule has 6 nitrogen and oxygen atoms in total. The van der Waals surface area contributed by atoms with Crippen LogP contribution >= 0.6 is 0 Å². The van der Waals surface area contributed by atoms with Gasteiger partial charge in [0, 0.05) is 12.8 Å². The lowest BCUT2D eigenvalue weighted by Crippen LogP contribution is -2.45. The molecule has 0 saturated heterocycles. The summed E-state index contributed by atoms with van der Waals surface area (Å²) >= 11 is 0. The standard InChI is InChI=1S/C67H127NO5/c1-3-5-7-9-11-13-15-17-19-21-23-25-27-31-35-39-43-47-51-55-59-65(70)64(63-69)68-66(71)60-56-52-48-44-40-36-32-28-26-30-34-38-42-46-50-54-58-62-73-67(72)61-57-53-49-45-41-37-33-29-24-22-20-18-16-14-12-10-8-6-4-2/h18,20,26,30,55,59,64-65,69-70H,3-17,19,21-25,27-29,31-54,56-58,60-63H2,1-2H3,(H,68,71)/b20-18-,30-26-,59-55+. The average Bonchev–Trinajstić information content (AvgIpc) is 3.39. The van der Waals surface area contributed by atoms with Crippen LogP contribution in [-0.2, 0) is 14.3 Å². The fourth-order valence-corrected chi connectivity index (χ4v) is 10.1. The van der Waals surface area contributed by atoms with Gasteiger partial charge in [-0.25, -0.2) is 0 Å². The number of ether oxygens (including phenoxy) is 1. The summed E-state index contributed by atoms with van der Waals surface area (Å²) in [4.78, 5) is 24.6. The largest absolute Gasteiger partial charge is 0.466 e. The van der Waals surface area contributed by atoms with Crippen molar-refractivity contribution in [1.82, 2.24) is 5.32 Å². The smallest absolute Gasteiger partial charge is 0.305 e. The Morgan fingerprint density at radius 3 is 0.973 bits per heavy atom. The Bertz CT molecular complexity index is 1180. The maximum absolute atomic E-state index is 12.5. The van der Waals surface area contributed by atoms with Crippen LogP contribution in [0.25, 0.3) is 0 Å². The van der Waals surface area contributed by atoms with Crippen LogP contribution in [0, 0.1) is 0 Å². The van der Waals surface area contributed by atoms with Crippen LogP contribution in [0.3, 0.4) is 0 Å². The molecule has 0 rings (SSSR count). The van der Waals surface area contributed by atoms with Crippen LogP contribution in [0.1, 0.15) is 354 Å². The maximum atomic E-state index is 12.5. The molecular formula is C67H127NO5. The van der Waals surface area contributed by atoms with Crippen molar-refractivity contribution in [3.05, 3.63) is 36.5 Å². The van der Waals surface area contributed by atoms with Crippen molar-refractivity contribution < 1.29 is 24.5 Å². The molecule has 2 unspecified atom stereocenters. The molecule has 6 heteroatoms. The molecule has 0 radical (unpaired) electrons. The highest BCUT2D eigenvalue weighted by Crippen LogP contribution is 2.17. The number of carbonyl (C=O) groups is 2. The molecule has 2 atom stereocenters. The second kappa shape index (κ2) is 62.6. The highest BCUT2D eigenvalue weighted by atomic mass is 16.5. The van der Waals surface area contributed by atoms with E-state index in [1.165, 1.54) is 270 Å². The van der Waals surface area contributed by atoms with E-state index in [9.17, 15) is 19.8 Å². The molecule has 0 saturated carbocycles. The molecule has 430 valence electrons. The number of allylic oxidation sites excluding steroid dienone is 5. The topological polar surface area (TPSA) is 95.9 Å². The summed E-state index contributed by atoms with van der Waals surface area (Å²) in [5.74, 6) is -0.0801. The Morgan fingerprint density at radius 2 is 0.644 bits per heavy atom. The summed E-state index contributed by atoms with van der Waals surface area (Å²) in [6, 6.07) is -0.638. The first kappa shape index (κ1) is 71.1. The number of hydrogen-bond acceptors (Lipinski definition) is 5. The third kappa shape index (κ3) is 59.2. The molecule has 73 heavy (non-hydrogen) atoms. The van der Waals surface area contributed by atoms with E-state index in [2.05, 4.69) is 43.5 Å². The van der Waals surface area contributed by atoms with Gasteiger partial charge in [-0.15, -0.1) is 0 Å². The predicted molar refractivity (Wildman–Crippen MR) is 319 cm³/mol. The second-order valence-electron chi connectivity index (χ2n) is 22.4. The highest BCUT2D eigenvalue weighted by Gasteiger charge is 2.18. The van der Waals surface area contributed by atoms with Crippen LogP contribution in [0.15, 0.2) is 36.5 Å². The van der Waals surface area contributed by atoms with Crippen LogP contribution in [0.2, 0.25) is 0 Å². The molecule has 0 aliphatic carbocycles. The number of carbonyl (C=O) groups excluding carboxylic acids is 2. The molecule has 1 amide bonds. The first-order chi connectivity index (χ1) is 36.0. The number of nitrogens with one attached hydrogen (secondary N) is 1. The van der Waals surface area contributed by atoms with Gasteiger partial charge in [-0.05, 0) is 83.5 Å². The Kier molecular flexibility index (Phi) is 61.0. The molecule has 0 aromatic carbocycles. The molecule has 0 spiro atoms. The van der Waals surface area contributed by atoms with Gasteiger partial charge in [0.15, 0.2) is 0 Å². The van der Waals surface area contributed by atoms with Gasteiger partial charge < -0.3 is 20.3 Å². The lowest BCUT2D eigenvalue weighted by Gasteiger charge is -2.20. The SMILES string of the molecule is CCCCCCCC/C=C\CCCCCCCCCCCC(=O)OCCCCCCCC/C=C\CCCCCCCCCC(=O)NC(CO)C(O)/C=C/CCCCCCCCCCCCCCCCCCCC. The number of aliphatic hydroxyl groups excluding tert-OH is 2. The van der Waals surface area contributed by atoms with E-state index < -0.39 is 12.1 Å². The van der Waals surface area contributed by atoms with Crippen molar-refractivity contribution in [3.8, 4) is 0 Å². The molecule has 0 fully saturated rings. The summed E-state index contributed by atoms with van der Waals surface area (Å²) in [5, 5.41) is 23.2. The molecular weight excluding hydrogens is 899 g/mol. The van der Waals surface area contributed by atoms with E-state index in [4.69, 9.17) is 4.74 Å². The van der Waals surface area contributed by atoms with Gasteiger partial charge >= 0.3 is 5.97 Å². The number of esters is 1.